The molecule has 0 bridgehead atoms. The Morgan fingerprint density at radius 3 is 2.06 bits per heavy atom. The number of rotatable bonds is 8. The number of carbonyl (C=O) groups excluding carboxylic acids is 1. The number of carbonyl (C=O) groups is 1. The molecule has 0 aliphatic heterocycles. The molecule has 0 unspecified atom stereocenters. The summed E-state index contributed by atoms with van der Waals surface area (Å²) in [4.78, 5) is 12.7. The van der Waals surface area contributed by atoms with E-state index in [-0.39, 0.29) is 22.1 Å². The highest BCUT2D eigenvalue weighted by Crippen LogP contribution is 2.25. The molecule has 0 saturated heterocycles. The van der Waals surface area contributed by atoms with Crippen molar-refractivity contribution in [3.05, 3.63) is 77.9 Å². The monoisotopic (exact) mass is 440 g/mol. The number of hydrazine groups is 1. The standard InChI is InChI=1S/C23H24N2O5S/c1-16-4-10-20(11-5-16)31(27,28)21-12-7-18(8-13-21)24-25-23(26)14-17-6-9-19(29-2)15-22(17)30-3/h4-13,15,24H,14H2,1-3H3,(H,25,26). The molecule has 8 heteroatoms. The number of nitrogens with one attached hydrogen (secondary N) is 2. The van der Waals surface area contributed by atoms with Crippen LogP contribution in [0, 0.1) is 6.92 Å². The number of benzene rings is 3. The molecule has 0 spiro atoms. The summed E-state index contributed by atoms with van der Waals surface area (Å²) >= 11 is 0. The molecule has 0 atom stereocenters. The number of ether oxygens (including phenoxy) is 2. The van der Waals surface area contributed by atoms with E-state index >= 15 is 0 Å². The Hall–Kier alpha value is -3.52. The lowest BCUT2D eigenvalue weighted by molar-refractivity contribution is -0.119. The Morgan fingerprint density at radius 2 is 1.48 bits per heavy atom. The first-order valence-corrected chi connectivity index (χ1v) is 11.0. The van der Waals surface area contributed by atoms with Gasteiger partial charge in [0, 0.05) is 11.6 Å². The summed E-state index contributed by atoms with van der Waals surface area (Å²) in [6.07, 6.45) is 0.0973. The second-order valence-electron chi connectivity index (χ2n) is 6.87. The average Bonchev–Trinajstić information content (AvgIpc) is 2.78. The van der Waals surface area contributed by atoms with Crippen molar-refractivity contribution in [1.29, 1.82) is 0 Å². The lowest BCUT2D eigenvalue weighted by Crippen LogP contribution is -2.30. The maximum Gasteiger partial charge on any atom is 0.242 e. The minimum Gasteiger partial charge on any atom is -0.497 e. The number of anilines is 1. The van der Waals surface area contributed by atoms with Crippen LogP contribution in [0.3, 0.4) is 0 Å². The van der Waals surface area contributed by atoms with Crippen LogP contribution in [0.25, 0.3) is 0 Å². The summed E-state index contributed by atoms with van der Waals surface area (Å²) in [7, 11) is -0.511. The van der Waals surface area contributed by atoms with E-state index in [0.29, 0.717) is 22.7 Å². The van der Waals surface area contributed by atoms with Crippen molar-refractivity contribution in [3.8, 4) is 11.5 Å². The Balaban J connectivity index is 1.63. The average molecular weight is 441 g/mol. The van der Waals surface area contributed by atoms with E-state index in [0.717, 1.165) is 5.56 Å². The topological polar surface area (TPSA) is 93.7 Å². The molecule has 7 nitrogen and oxygen atoms in total. The van der Waals surface area contributed by atoms with Crippen molar-refractivity contribution in [1.82, 2.24) is 5.43 Å². The van der Waals surface area contributed by atoms with E-state index in [1.54, 1.807) is 61.7 Å². The predicted octanol–water partition coefficient (Wildman–Crippen LogP) is 3.53. The third kappa shape index (κ3) is 5.35. The molecule has 3 rings (SSSR count). The number of hydrogen-bond donors (Lipinski definition) is 2. The molecular weight excluding hydrogens is 416 g/mol. The van der Waals surface area contributed by atoms with Crippen LogP contribution in [0.15, 0.2) is 76.5 Å². The molecule has 31 heavy (non-hydrogen) atoms. The fraction of sp³-hybridized carbons (Fsp3) is 0.174. The number of sulfone groups is 1. The van der Waals surface area contributed by atoms with Crippen molar-refractivity contribution in [3.63, 3.8) is 0 Å². The minimum absolute atomic E-state index is 0.0973. The van der Waals surface area contributed by atoms with Crippen molar-refractivity contribution in [2.45, 2.75) is 23.1 Å². The van der Waals surface area contributed by atoms with E-state index in [2.05, 4.69) is 10.9 Å². The van der Waals surface area contributed by atoms with Gasteiger partial charge in [0.1, 0.15) is 11.5 Å². The van der Waals surface area contributed by atoms with Gasteiger partial charge in [-0.05, 0) is 49.4 Å². The number of aryl methyl sites for hydroxylation is 1. The van der Waals surface area contributed by atoms with Crippen molar-refractivity contribution in [2.75, 3.05) is 19.6 Å². The minimum atomic E-state index is -3.60. The summed E-state index contributed by atoms with van der Waals surface area (Å²) in [5.74, 6) is 0.916. The molecule has 0 aliphatic carbocycles. The van der Waals surface area contributed by atoms with E-state index in [1.165, 1.54) is 19.2 Å². The lowest BCUT2D eigenvalue weighted by atomic mass is 10.1. The summed E-state index contributed by atoms with van der Waals surface area (Å²) in [5.41, 5.74) is 7.64. The second kappa shape index (κ2) is 9.53. The zero-order chi connectivity index (χ0) is 22.4. The quantitative estimate of drug-likeness (QED) is 0.521. The van der Waals surface area contributed by atoms with Gasteiger partial charge in [-0.2, -0.15) is 0 Å². The first-order chi connectivity index (χ1) is 14.8. The molecule has 0 aromatic heterocycles. The van der Waals surface area contributed by atoms with E-state index < -0.39 is 9.84 Å². The molecule has 0 heterocycles. The summed E-state index contributed by atoms with van der Waals surface area (Å²) in [5, 5.41) is 0. The van der Waals surface area contributed by atoms with E-state index in [9.17, 15) is 13.2 Å². The highest BCUT2D eigenvalue weighted by atomic mass is 32.2. The van der Waals surface area contributed by atoms with Crippen LogP contribution in [-0.2, 0) is 21.1 Å². The van der Waals surface area contributed by atoms with Crippen molar-refractivity contribution >= 4 is 21.4 Å². The largest absolute Gasteiger partial charge is 0.497 e. The Kier molecular flexibility index (Phi) is 6.81. The van der Waals surface area contributed by atoms with Crippen LogP contribution in [0.2, 0.25) is 0 Å². The molecule has 0 fully saturated rings. The first-order valence-electron chi connectivity index (χ1n) is 9.51. The molecule has 3 aromatic carbocycles. The zero-order valence-corrected chi connectivity index (χ0v) is 18.3. The summed E-state index contributed by atoms with van der Waals surface area (Å²) in [6, 6.07) is 18.1. The molecular formula is C23H24N2O5S. The van der Waals surface area contributed by atoms with Crippen LogP contribution in [0.1, 0.15) is 11.1 Å². The van der Waals surface area contributed by atoms with Crippen LogP contribution in [0.4, 0.5) is 5.69 Å². The normalized spacial score (nSPS) is 10.9. The molecule has 3 aromatic rings. The van der Waals surface area contributed by atoms with E-state index in [1.807, 2.05) is 6.92 Å². The Labute approximate surface area is 181 Å². The Morgan fingerprint density at radius 1 is 0.871 bits per heavy atom. The van der Waals surface area contributed by atoms with Gasteiger partial charge in [-0.25, -0.2) is 8.42 Å². The molecule has 0 saturated carbocycles. The van der Waals surface area contributed by atoms with Gasteiger partial charge < -0.3 is 9.47 Å². The predicted molar refractivity (Wildman–Crippen MR) is 118 cm³/mol. The van der Waals surface area contributed by atoms with Crippen LogP contribution < -0.4 is 20.3 Å². The smallest absolute Gasteiger partial charge is 0.242 e. The lowest BCUT2D eigenvalue weighted by Gasteiger charge is -2.12. The van der Waals surface area contributed by atoms with Crippen LogP contribution in [-0.4, -0.2) is 28.5 Å². The van der Waals surface area contributed by atoms with Gasteiger partial charge in [0.2, 0.25) is 15.7 Å². The van der Waals surface area contributed by atoms with Gasteiger partial charge in [0.25, 0.3) is 0 Å². The molecule has 162 valence electrons. The van der Waals surface area contributed by atoms with Crippen LogP contribution in [0.5, 0.6) is 11.5 Å². The molecule has 0 radical (unpaired) electrons. The highest BCUT2D eigenvalue weighted by molar-refractivity contribution is 7.91. The van der Waals surface area contributed by atoms with Gasteiger partial charge >= 0.3 is 0 Å². The number of methoxy groups -OCH3 is 2. The maximum atomic E-state index is 12.7. The van der Waals surface area contributed by atoms with Crippen molar-refractivity contribution < 1.29 is 22.7 Å². The van der Waals surface area contributed by atoms with Gasteiger partial charge in [-0.15, -0.1) is 0 Å². The highest BCUT2D eigenvalue weighted by Gasteiger charge is 2.17. The first kappa shape index (κ1) is 22.2. The third-order valence-corrected chi connectivity index (χ3v) is 6.47. The van der Waals surface area contributed by atoms with Crippen molar-refractivity contribution in [2.24, 2.45) is 0 Å². The summed E-state index contributed by atoms with van der Waals surface area (Å²) in [6.45, 7) is 1.90. The number of hydrogen-bond acceptors (Lipinski definition) is 6. The molecule has 2 N–H and O–H groups in total. The summed E-state index contributed by atoms with van der Waals surface area (Å²) < 4.78 is 35.9. The second-order valence-corrected chi connectivity index (χ2v) is 8.82. The Bertz CT molecular complexity index is 1160. The number of amides is 1. The fourth-order valence-corrected chi connectivity index (χ4v) is 4.19. The van der Waals surface area contributed by atoms with Gasteiger partial charge in [-0.1, -0.05) is 23.8 Å². The van der Waals surface area contributed by atoms with Gasteiger partial charge in [-0.3, -0.25) is 15.6 Å². The van der Waals surface area contributed by atoms with Gasteiger partial charge in [0.05, 0.1) is 36.1 Å². The van der Waals surface area contributed by atoms with Crippen LogP contribution >= 0.6 is 0 Å². The van der Waals surface area contributed by atoms with Gasteiger partial charge in [0.15, 0.2) is 0 Å². The molecule has 0 aliphatic rings. The maximum absolute atomic E-state index is 12.7. The zero-order valence-electron chi connectivity index (χ0n) is 17.5. The molecule has 1 amide bonds. The van der Waals surface area contributed by atoms with E-state index in [4.69, 9.17) is 9.47 Å². The SMILES string of the molecule is COc1ccc(CC(=O)NNc2ccc(S(=O)(=O)c3ccc(C)cc3)cc2)c(OC)c1. The third-order valence-electron chi connectivity index (χ3n) is 4.69. The fourth-order valence-electron chi connectivity index (χ4n) is 2.93.